The van der Waals surface area contributed by atoms with Crippen LogP contribution in [0.15, 0.2) is 55.6 Å². The van der Waals surface area contributed by atoms with Gasteiger partial charge in [-0.25, -0.2) is 4.98 Å². The van der Waals surface area contributed by atoms with Crippen LogP contribution in [0.1, 0.15) is 12.0 Å². The van der Waals surface area contributed by atoms with Crippen molar-refractivity contribution in [2.75, 3.05) is 32.1 Å². The molecule has 0 unspecified atom stereocenters. The molecule has 0 spiro atoms. The van der Waals surface area contributed by atoms with E-state index in [1.165, 1.54) is 11.3 Å². The van der Waals surface area contributed by atoms with Crippen molar-refractivity contribution < 1.29 is 0 Å². The Morgan fingerprint density at radius 1 is 1.32 bits per heavy atom. The molecule has 25 heavy (non-hydrogen) atoms. The van der Waals surface area contributed by atoms with Gasteiger partial charge < -0.3 is 19.7 Å². The van der Waals surface area contributed by atoms with Crippen molar-refractivity contribution in [1.29, 1.82) is 0 Å². The standard InChI is InChI=1S/C19H27N5S/c1-4-10-21-19(25)24(13-5-12-23-14-11-20-16-23)15-17-6-8-18(9-7-17)22(2)3/h4,6-9,11,14,16H,1,5,10,12-13,15H2,2-3H3,(H,21,25). The van der Waals surface area contributed by atoms with E-state index in [2.05, 4.69) is 55.5 Å². The Kier molecular flexibility index (Phi) is 7.47. The van der Waals surface area contributed by atoms with Gasteiger partial charge in [-0.2, -0.15) is 0 Å². The summed E-state index contributed by atoms with van der Waals surface area (Å²) in [5.41, 5.74) is 2.44. The number of aromatic nitrogens is 2. The normalized spacial score (nSPS) is 10.3. The van der Waals surface area contributed by atoms with Crippen molar-refractivity contribution in [3.05, 3.63) is 61.2 Å². The Morgan fingerprint density at radius 3 is 2.68 bits per heavy atom. The second-order valence-corrected chi connectivity index (χ2v) is 6.50. The van der Waals surface area contributed by atoms with Crippen molar-refractivity contribution in [1.82, 2.24) is 19.8 Å². The number of hydrogen-bond acceptors (Lipinski definition) is 3. The summed E-state index contributed by atoms with van der Waals surface area (Å²) in [6, 6.07) is 8.60. The molecule has 134 valence electrons. The van der Waals surface area contributed by atoms with Crippen LogP contribution in [0.25, 0.3) is 0 Å². The highest BCUT2D eigenvalue weighted by molar-refractivity contribution is 7.80. The predicted octanol–water partition coefficient (Wildman–Crippen LogP) is 2.90. The summed E-state index contributed by atoms with van der Waals surface area (Å²) in [6.07, 6.45) is 8.46. The summed E-state index contributed by atoms with van der Waals surface area (Å²) < 4.78 is 2.09. The lowest BCUT2D eigenvalue weighted by Crippen LogP contribution is -2.40. The Labute approximate surface area is 156 Å². The van der Waals surface area contributed by atoms with Crippen molar-refractivity contribution in [3.8, 4) is 0 Å². The molecule has 0 bridgehead atoms. The van der Waals surface area contributed by atoms with Gasteiger partial charge >= 0.3 is 0 Å². The quantitative estimate of drug-likeness (QED) is 0.552. The van der Waals surface area contributed by atoms with Gasteiger partial charge in [-0.05, 0) is 36.3 Å². The molecule has 6 heteroatoms. The highest BCUT2D eigenvalue weighted by atomic mass is 32.1. The largest absolute Gasteiger partial charge is 0.378 e. The lowest BCUT2D eigenvalue weighted by atomic mass is 10.2. The molecule has 0 saturated heterocycles. The van der Waals surface area contributed by atoms with Gasteiger partial charge in [0.1, 0.15) is 0 Å². The van der Waals surface area contributed by atoms with Crippen LogP contribution in [0.3, 0.4) is 0 Å². The molecule has 1 aromatic carbocycles. The van der Waals surface area contributed by atoms with Gasteiger partial charge in [0.05, 0.1) is 6.33 Å². The van der Waals surface area contributed by atoms with Gasteiger partial charge in [0, 0.05) is 58.4 Å². The van der Waals surface area contributed by atoms with E-state index in [4.69, 9.17) is 12.2 Å². The second-order valence-electron chi connectivity index (χ2n) is 6.11. The zero-order chi connectivity index (χ0) is 18.1. The van der Waals surface area contributed by atoms with E-state index < -0.39 is 0 Å². The molecule has 0 amide bonds. The van der Waals surface area contributed by atoms with Gasteiger partial charge in [-0.1, -0.05) is 18.2 Å². The first-order valence-corrected chi connectivity index (χ1v) is 8.86. The third kappa shape index (κ3) is 6.23. The minimum Gasteiger partial charge on any atom is -0.378 e. The van der Waals surface area contributed by atoms with Crippen LogP contribution in [-0.2, 0) is 13.1 Å². The van der Waals surface area contributed by atoms with E-state index in [0.717, 1.165) is 31.2 Å². The number of nitrogens with one attached hydrogen (secondary N) is 1. The highest BCUT2D eigenvalue weighted by Gasteiger charge is 2.10. The molecule has 0 aliphatic heterocycles. The lowest BCUT2D eigenvalue weighted by Gasteiger charge is -2.26. The molecule has 2 aromatic rings. The van der Waals surface area contributed by atoms with Crippen molar-refractivity contribution >= 4 is 23.0 Å². The average Bonchev–Trinajstić information content (AvgIpc) is 3.12. The van der Waals surface area contributed by atoms with Gasteiger partial charge in [0.25, 0.3) is 0 Å². The van der Waals surface area contributed by atoms with Crippen LogP contribution in [0.2, 0.25) is 0 Å². The topological polar surface area (TPSA) is 36.3 Å². The highest BCUT2D eigenvalue weighted by Crippen LogP contribution is 2.14. The second kappa shape index (κ2) is 9.84. The number of aryl methyl sites for hydroxylation is 1. The van der Waals surface area contributed by atoms with Crippen molar-refractivity contribution in [3.63, 3.8) is 0 Å². The van der Waals surface area contributed by atoms with E-state index in [1.54, 1.807) is 6.20 Å². The van der Waals surface area contributed by atoms with Crippen LogP contribution in [0.5, 0.6) is 0 Å². The number of nitrogens with zero attached hydrogens (tertiary/aromatic N) is 4. The van der Waals surface area contributed by atoms with Crippen molar-refractivity contribution in [2.45, 2.75) is 19.5 Å². The number of imidazole rings is 1. The van der Waals surface area contributed by atoms with Gasteiger partial charge in [-0.15, -0.1) is 6.58 Å². The third-order valence-corrected chi connectivity index (χ3v) is 4.32. The summed E-state index contributed by atoms with van der Waals surface area (Å²) in [6.45, 7) is 7.03. The molecule has 0 saturated carbocycles. The summed E-state index contributed by atoms with van der Waals surface area (Å²) in [4.78, 5) is 8.39. The minimum absolute atomic E-state index is 0.677. The van der Waals surface area contributed by atoms with Gasteiger partial charge in [-0.3, -0.25) is 0 Å². The van der Waals surface area contributed by atoms with Crippen LogP contribution in [-0.4, -0.2) is 46.7 Å². The summed E-state index contributed by atoms with van der Waals surface area (Å²) in [5.74, 6) is 0. The average molecular weight is 358 g/mol. The molecule has 5 nitrogen and oxygen atoms in total. The van der Waals surface area contributed by atoms with E-state index >= 15 is 0 Å². The van der Waals surface area contributed by atoms with Gasteiger partial charge in [0.2, 0.25) is 0 Å². The number of hydrogen-bond donors (Lipinski definition) is 1. The third-order valence-electron chi connectivity index (χ3n) is 3.91. The zero-order valence-electron chi connectivity index (χ0n) is 15.1. The molecular weight excluding hydrogens is 330 g/mol. The van der Waals surface area contributed by atoms with Crippen LogP contribution in [0, 0.1) is 0 Å². The smallest absolute Gasteiger partial charge is 0.169 e. The fraction of sp³-hybridized carbons (Fsp3) is 0.368. The molecule has 0 fully saturated rings. The molecule has 0 aliphatic carbocycles. The Hall–Kier alpha value is -2.34. The summed E-state index contributed by atoms with van der Waals surface area (Å²) in [7, 11) is 4.09. The maximum Gasteiger partial charge on any atom is 0.169 e. The van der Waals surface area contributed by atoms with Crippen LogP contribution in [0.4, 0.5) is 5.69 Å². The van der Waals surface area contributed by atoms with E-state index in [9.17, 15) is 0 Å². The van der Waals surface area contributed by atoms with Crippen molar-refractivity contribution in [2.24, 2.45) is 0 Å². The maximum absolute atomic E-state index is 5.56. The lowest BCUT2D eigenvalue weighted by molar-refractivity contribution is 0.386. The summed E-state index contributed by atoms with van der Waals surface area (Å²) in [5, 5.41) is 4.00. The SMILES string of the molecule is C=CCNC(=S)N(CCCn1ccnc1)Cc1ccc(N(C)C)cc1. The van der Waals surface area contributed by atoms with Crippen LogP contribution >= 0.6 is 12.2 Å². The number of anilines is 1. The molecule has 1 heterocycles. The fourth-order valence-corrected chi connectivity index (χ4v) is 2.75. The Balaban J connectivity index is 1.97. The molecule has 0 atom stereocenters. The maximum atomic E-state index is 5.56. The Bertz CT molecular complexity index is 649. The first-order chi connectivity index (χ1) is 12.1. The van der Waals surface area contributed by atoms with E-state index in [-0.39, 0.29) is 0 Å². The van der Waals surface area contributed by atoms with E-state index in [1.807, 2.05) is 32.7 Å². The molecule has 0 aliphatic rings. The first kappa shape index (κ1) is 19.0. The van der Waals surface area contributed by atoms with Gasteiger partial charge in [0.15, 0.2) is 5.11 Å². The van der Waals surface area contributed by atoms with E-state index in [0.29, 0.717) is 6.54 Å². The predicted molar refractivity (Wildman–Crippen MR) is 109 cm³/mol. The minimum atomic E-state index is 0.677. The number of benzene rings is 1. The zero-order valence-corrected chi connectivity index (χ0v) is 15.9. The molecular formula is C19H27N5S. The first-order valence-electron chi connectivity index (χ1n) is 8.46. The Morgan fingerprint density at radius 2 is 2.08 bits per heavy atom. The van der Waals surface area contributed by atoms with Crippen LogP contribution < -0.4 is 10.2 Å². The molecule has 1 aromatic heterocycles. The molecule has 2 rings (SSSR count). The molecule has 1 N–H and O–H groups in total. The summed E-state index contributed by atoms with van der Waals surface area (Å²) >= 11 is 5.56. The number of rotatable bonds is 9. The monoisotopic (exact) mass is 357 g/mol. The molecule has 0 radical (unpaired) electrons. The fourth-order valence-electron chi connectivity index (χ4n) is 2.51. The number of thiocarbonyl (C=S) groups is 1.